The number of hydrogen-bond donors (Lipinski definition) is 1. The van der Waals surface area contributed by atoms with E-state index < -0.39 is 21.8 Å². The van der Waals surface area contributed by atoms with E-state index in [0.29, 0.717) is 11.3 Å². The maximum Gasteiger partial charge on any atom is 0.255 e. The highest BCUT2D eigenvalue weighted by Crippen LogP contribution is 2.28. The Labute approximate surface area is 176 Å². The van der Waals surface area contributed by atoms with Crippen LogP contribution in [0.1, 0.15) is 36.5 Å². The second kappa shape index (κ2) is 8.10. The summed E-state index contributed by atoms with van der Waals surface area (Å²) in [5.41, 5.74) is 2.49. The third kappa shape index (κ3) is 4.05. The first-order valence-electron chi connectivity index (χ1n) is 10.2. The Balaban J connectivity index is 1.43. The average molecular weight is 428 g/mol. The van der Waals surface area contributed by atoms with Crippen molar-refractivity contribution in [2.45, 2.75) is 26.2 Å². The van der Waals surface area contributed by atoms with Crippen molar-refractivity contribution >= 4 is 38.9 Å². The molecule has 0 radical (unpaired) electrons. The minimum absolute atomic E-state index is 0.193. The van der Waals surface area contributed by atoms with Gasteiger partial charge in [0.25, 0.3) is 5.91 Å². The molecule has 2 saturated heterocycles. The van der Waals surface area contributed by atoms with Crippen molar-refractivity contribution in [1.82, 2.24) is 0 Å². The zero-order chi connectivity index (χ0) is 21.3. The van der Waals surface area contributed by atoms with Crippen molar-refractivity contribution in [2.24, 2.45) is 5.92 Å². The Hall–Kier alpha value is -2.87. The lowest BCUT2D eigenvalue weighted by atomic mass is 10.1. The molecule has 2 heterocycles. The molecule has 2 aromatic carbocycles. The van der Waals surface area contributed by atoms with Crippen molar-refractivity contribution < 1.29 is 18.0 Å². The molecule has 0 unspecified atom stereocenters. The Morgan fingerprint density at radius 1 is 0.933 bits per heavy atom. The number of rotatable bonds is 4. The number of nitrogens with zero attached hydrogens (tertiary/aromatic N) is 2. The van der Waals surface area contributed by atoms with Crippen molar-refractivity contribution in [2.75, 3.05) is 33.4 Å². The maximum atomic E-state index is 12.6. The summed E-state index contributed by atoms with van der Waals surface area (Å²) >= 11 is 0. The van der Waals surface area contributed by atoms with Gasteiger partial charge in [0.05, 0.1) is 17.4 Å². The number of carbonyl (C=O) groups excluding carboxylic acids is 2. The Morgan fingerprint density at radius 2 is 1.53 bits per heavy atom. The van der Waals surface area contributed by atoms with Crippen LogP contribution in [-0.4, -0.2) is 39.1 Å². The van der Waals surface area contributed by atoms with E-state index in [1.54, 1.807) is 6.92 Å². The topological polar surface area (TPSA) is 86.8 Å². The van der Waals surface area contributed by atoms with Gasteiger partial charge in [-0.3, -0.25) is 9.59 Å². The Morgan fingerprint density at radius 3 is 2.10 bits per heavy atom. The van der Waals surface area contributed by atoms with Crippen molar-refractivity contribution in [3.05, 3.63) is 54.1 Å². The zero-order valence-corrected chi connectivity index (χ0v) is 17.7. The van der Waals surface area contributed by atoms with E-state index in [1.165, 1.54) is 43.5 Å². The predicted octanol–water partition coefficient (Wildman–Crippen LogP) is 3.24. The largest absolute Gasteiger partial charge is 0.372 e. The third-order valence-electron chi connectivity index (χ3n) is 5.57. The number of carbonyl (C=O) groups is 2. The van der Waals surface area contributed by atoms with Gasteiger partial charge in [0.2, 0.25) is 15.9 Å². The van der Waals surface area contributed by atoms with E-state index in [0.717, 1.165) is 23.1 Å². The third-order valence-corrected chi connectivity index (χ3v) is 7.44. The van der Waals surface area contributed by atoms with Gasteiger partial charge in [0.15, 0.2) is 0 Å². The molecule has 1 atom stereocenters. The summed E-state index contributed by atoms with van der Waals surface area (Å²) in [6.07, 6.45) is 3.69. The fourth-order valence-electron chi connectivity index (χ4n) is 3.95. The molecule has 0 bridgehead atoms. The zero-order valence-electron chi connectivity index (χ0n) is 16.9. The molecule has 0 aromatic heterocycles. The fourth-order valence-corrected chi connectivity index (χ4v) is 5.77. The van der Waals surface area contributed by atoms with Crippen LogP contribution in [0.2, 0.25) is 0 Å². The first-order valence-corrected chi connectivity index (χ1v) is 11.8. The fraction of sp³-hybridized carbons (Fsp3) is 0.364. The van der Waals surface area contributed by atoms with Crippen LogP contribution < -0.4 is 14.5 Å². The number of amides is 2. The lowest BCUT2D eigenvalue weighted by Crippen LogP contribution is -2.30. The highest BCUT2D eigenvalue weighted by molar-refractivity contribution is 7.94. The minimum Gasteiger partial charge on any atom is -0.372 e. The molecule has 7 nitrogen and oxygen atoms in total. The van der Waals surface area contributed by atoms with Crippen LogP contribution in [0.3, 0.4) is 0 Å². The van der Waals surface area contributed by atoms with Crippen molar-refractivity contribution in [1.29, 1.82) is 0 Å². The second-order valence-corrected chi connectivity index (χ2v) is 9.74. The SMILES string of the molecule is C[C@@H]1CS(=O)(=O)N(c2ccc(C(=O)Nc3ccc(N4CCCCC4)cc3)cc2)C1=O. The molecule has 1 N–H and O–H groups in total. The standard InChI is InChI=1S/C22H25N3O4S/c1-16-15-30(28,29)25(22(16)27)20-9-5-17(6-10-20)21(26)23-18-7-11-19(12-8-18)24-13-3-2-4-14-24/h5-12,16H,2-4,13-15H2,1H3,(H,23,26)/t16-/m1/s1. The van der Waals surface area contributed by atoms with Gasteiger partial charge in [-0.1, -0.05) is 6.92 Å². The molecule has 2 aromatic rings. The number of anilines is 3. The molecule has 2 fully saturated rings. The van der Waals surface area contributed by atoms with Crippen LogP contribution in [0, 0.1) is 5.92 Å². The number of sulfonamides is 1. The number of nitrogens with one attached hydrogen (secondary N) is 1. The first-order chi connectivity index (χ1) is 14.3. The molecule has 30 heavy (non-hydrogen) atoms. The summed E-state index contributed by atoms with van der Waals surface area (Å²) in [6.45, 7) is 3.72. The van der Waals surface area contributed by atoms with Gasteiger partial charge in [0, 0.05) is 30.0 Å². The summed E-state index contributed by atoms with van der Waals surface area (Å²) in [6, 6.07) is 13.8. The number of hydrogen-bond acceptors (Lipinski definition) is 5. The molecular formula is C22H25N3O4S. The van der Waals surface area contributed by atoms with Crippen molar-refractivity contribution in [3.63, 3.8) is 0 Å². The van der Waals surface area contributed by atoms with E-state index in [-0.39, 0.29) is 17.3 Å². The lowest BCUT2D eigenvalue weighted by molar-refractivity contribution is -0.119. The van der Waals surface area contributed by atoms with Crippen LogP contribution in [-0.2, 0) is 14.8 Å². The highest BCUT2D eigenvalue weighted by Gasteiger charge is 2.41. The van der Waals surface area contributed by atoms with E-state index in [9.17, 15) is 18.0 Å². The normalized spacial score (nSPS) is 21.0. The molecule has 0 aliphatic carbocycles. The Kier molecular flexibility index (Phi) is 5.51. The summed E-state index contributed by atoms with van der Waals surface area (Å²) in [5.74, 6) is -1.50. The van der Waals surface area contributed by atoms with Gasteiger partial charge in [0.1, 0.15) is 0 Å². The second-order valence-electron chi connectivity index (χ2n) is 7.88. The minimum atomic E-state index is -3.65. The van der Waals surface area contributed by atoms with E-state index in [4.69, 9.17) is 0 Å². The van der Waals surface area contributed by atoms with E-state index in [2.05, 4.69) is 10.2 Å². The van der Waals surface area contributed by atoms with Crippen LogP contribution in [0.5, 0.6) is 0 Å². The molecular weight excluding hydrogens is 402 g/mol. The molecule has 0 saturated carbocycles. The molecule has 2 amide bonds. The quantitative estimate of drug-likeness (QED) is 0.809. The first kappa shape index (κ1) is 20.4. The molecule has 4 rings (SSSR count). The predicted molar refractivity (Wildman–Crippen MR) is 117 cm³/mol. The van der Waals surface area contributed by atoms with E-state index in [1.807, 2.05) is 24.3 Å². The average Bonchev–Trinajstić information content (AvgIpc) is 2.95. The molecule has 0 spiro atoms. The number of benzene rings is 2. The van der Waals surface area contributed by atoms with E-state index >= 15 is 0 Å². The molecule has 2 aliphatic heterocycles. The van der Waals surface area contributed by atoms with Crippen LogP contribution in [0.15, 0.2) is 48.5 Å². The molecule has 158 valence electrons. The summed E-state index contributed by atoms with van der Waals surface area (Å²) in [5, 5.41) is 2.85. The maximum absolute atomic E-state index is 12.6. The molecule has 2 aliphatic rings. The van der Waals surface area contributed by atoms with Gasteiger partial charge in [-0.05, 0) is 67.8 Å². The van der Waals surface area contributed by atoms with Gasteiger partial charge in [-0.15, -0.1) is 0 Å². The summed E-state index contributed by atoms with van der Waals surface area (Å²) in [7, 11) is -3.65. The molecule has 8 heteroatoms. The lowest BCUT2D eigenvalue weighted by Gasteiger charge is -2.28. The van der Waals surface area contributed by atoms with Crippen LogP contribution >= 0.6 is 0 Å². The smallest absolute Gasteiger partial charge is 0.255 e. The summed E-state index contributed by atoms with van der Waals surface area (Å²) < 4.78 is 25.2. The highest BCUT2D eigenvalue weighted by atomic mass is 32.2. The number of piperidine rings is 1. The van der Waals surface area contributed by atoms with Crippen LogP contribution in [0.25, 0.3) is 0 Å². The monoisotopic (exact) mass is 427 g/mol. The van der Waals surface area contributed by atoms with Crippen molar-refractivity contribution in [3.8, 4) is 0 Å². The van der Waals surface area contributed by atoms with Gasteiger partial charge >= 0.3 is 0 Å². The van der Waals surface area contributed by atoms with Gasteiger partial charge in [-0.2, -0.15) is 0 Å². The Bertz CT molecular complexity index is 1040. The van der Waals surface area contributed by atoms with Crippen LogP contribution in [0.4, 0.5) is 17.1 Å². The van der Waals surface area contributed by atoms with Gasteiger partial charge < -0.3 is 10.2 Å². The van der Waals surface area contributed by atoms with Gasteiger partial charge in [-0.25, -0.2) is 12.7 Å². The summed E-state index contributed by atoms with van der Waals surface area (Å²) in [4.78, 5) is 27.1.